The summed E-state index contributed by atoms with van der Waals surface area (Å²) in [7, 11) is 0. The minimum absolute atomic E-state index is 0.148. The van der Waals surface area contributed by atoms with Crippen LogP contribution in [-0.2, 0) is 0 Å². The Bertz CT molecular complexity index is 656. The third kappa shape index (κ3) is 3.50. The van der Waals surface area contributed by atoms with Crippen molar-refractivity contribution < 1.29 is 13.9 Å². The van der Waals surface area contributed by atoms with Crippen molar-refractivity contribution in [3.8, 4) is 5.75 Å². The van der Waals surface area contributed by atoms with Crippen molar-refractivity contribution in [1.29, 1.82) is 0 Å². The van der Waals surface area contributed by atoms with Gasteiger partial charge in [0, 0.05) is 5.56 Å². The highest BCUT2D eigenvalue weighted by molar-refractivity contribution is 6.42. The van der Waals surface area contributed by atoms with Gasteiger partial charge in [0.2, 0.25) is 0 Å². The van der Waals surface area contributed by atoms with Crippen LogP contribution in [0.4, 0.5) is 4.39 Å². The molecule has 0 spiro atoms. The Balaban J connectivity index is 2.06. The Morgan fingerprint density at radius 1 is 1.15 bits per heavy atom. The highest BCUT2D eigenvalue weighted by atomic mass is 35.5. The summed E-state index contributed by atoms with van der Waals surface area (Å²) in [5, 5.41) is 0.703. The van der Waals surface area contributed by atoms with E-state index in [1.807, 2.05) is 0 Å². The molecule has 2 aromatic rings. The minimum Gasteiger partial charge on any atom is -0.485 e. The number of carbonyl (C=O) groups is 1. The quantitative estimate of drug-likeness (QED) is 0.765. The fourth-order valence-electron chi connectivity index (χ4n) is 1.67. The van der Waals surface area contributed by atoms with Crippen molar-refractivity contribution in [2.75, 3.05) is 6.61 Å². The Hall–Kier alpha value is -1.58. The maximum Gasteiger partial charge on any atom is 0.200 e. The van der Waals surface area contributed by atoms with Gasteiger partial charge in [-0.2, -0.15) is 0 Å². The van der Waals surface area contributed by atoms with Gasteiger partial charge >= 0.3 is 0 Å². The van der Waals surface area contributed by atoms with E-state index in [0.717, 1.165) is 0 Å². The lowest BCUT2D eigenvalue weighted by Crippen LogP contribution is -2.12. The van der Waals surface area contributed by atoms with Crippen LogP contribution in [0.5, 0.6) is 5.75 Å². The molecule has 5 heteroatoms. The fraction of sp³-hybridized carbons (Fsp3) is 0.133. The van der Waals surface area contributed by atoms with Crippen molar-refractivity contribution >= 4 is 29.0 Å². The van der Waals surface area contributed by atoms with Crippen molar-refractivity contribution in [1.82, 2.24) is 0 Å². The second-order valence-corrected chi connectivity index (χ2v) is 5.06. The van der Waals surface area contributed by atoms with E-state index in [4.69, 9.17) is 27.9 Å². The summed E-state index contributed by atoms with van der Waals surface area (Å²) in [5.74, 6) is -0.0993. The Labute approximate surface area is 126 Å². The number of benzene rings is 2. The van der Waals surface area contributed by atoms with E-state index in [2.05, 4.69) is 0 Å². The number of rotatable bonds is 4. The van der Waals surface area contributed by atoms with Crippen LogP contribution in [0, 0.1) is 12.7 Å². The Morgan fingerprint density at radius 3 is 2.55 bits per heavy atom. The summed E-state index contributed by atoms with van der Waals surface area (Å²) in [6, 6.07) is 8.75. The first-order valence-corrected chi connectivity index (χ1v) is 6.60. The molecule has 0 saturated heterocycles. The lowest BCUT2D eigenvalue weighted by atomic mass is 10.1. The molecular weight excluding hydrogens is 302 g/mol. The predicted octanol–water partition coefficient (Wildman–Crippen LogP) is 4.70. The normalized spacial score (nSPS) is 10.4. The summed E-state index contributed by atoms with van der Waals surface area (Å²) in [6.07, 6.45) is 0. The fourth-order valence-corrected chi connectivity index (χ4v) is 1.97. The van der Waals surface area contributed by atoms with Crippen molar-refractivity contribution in [3.63, 3.8) is 0 Å². The van der Waals surface area contributed by atoms with Gasteiger partial charge < -0.3 is 4.74 Å². The van der Waals surface area contributed by atoms with Gasteiger partial charge in [-0.05, 0) is 48.9 Å². The summed E-state index contributed by atoms with van der Waals surface area (Å²) in [6.45, 7) is 1.56. The first-order chi connectivity index (χ1) is 9.47. The molecule has 0 aliphatic rings. The van der Waals surface area contributed by atoms with E-state index in [1.165, 1.54) is 24.3 Å². The number of ether oxygens (including phenoxy) is 1. The van der Waals surface area contributed by atoms with Crippen molar-refractivity contribution in [2.45, 2.75) is 6.92 Å². The number of carbonyl (C=O) groups excluding carboxylic acids is 1. The molecule has 0 bridgehead atoms. The van der Waals surface area contributed by atoms with Gasteiger partial charge in [-0.25, -0.2) is 4.39 Å². The molecular formula is C15H11Cl2FO2. The van der Waals surface area contributed by atoms with Crippen LogP contribution >= 0.6 is 23.2 Å². The first-order valence-electron chi connectivity index (χ1n) is 5.84. The number of Topliss-reactive ketones (excluding diaryl/α,β-unsaturated/α-hetero) is 1. The summed E-state index contributed by atoms with van der Waals surface area (Å²) in [4.78, 5) is 12.0. The van der Waals surface area contributed by atoms with Gasteiger partial charge in [0.25, 0.3) is 0 Å². The second-order valence-electron chi connectivity index (χ2n) is 4.25. The summed E-state index contributed by atoms with van der Waals surface area (Å²) in [5.41, 5.74) is 1.05. The molecule has 0 radical (unpaired) electrons. The van der Waals surface area contributed by atoms with E-state index in [-0.39, 0.29) is 18.2 Å². The van der Waals surface area contributed by atoms with Crippen molar-refractivity contribution in [2.24, 2.45) is 0 Å². The SMILES string of the molecule is Cc1cc(F)ccc1OCC(=O)c1ccc(Cl)c(Cl)c1. The van der Waals surface area contributed by atoms with Gasteiger partial charge in [-0.15, -0.1) is 0 Å². The van der Waals surface area contributed by atoms with Crippen LogP contribution in [0.3, 0.4) is 0 Å². The van der Waals surface area contributed by atoms with Crippen LogP contribution in [0.2, 0.25) is 10.0 Å². The number of aryl methyl sites for hydroxylation is 1. The predicted molar refractivity (Wildman–Crippen MR) is 77.4 cm³/mol. The third-order valence-electron chi connectivity index (χ3n) is 2.74. The van der Waals surface area contributed by atoms with Crippen LogP contribution in [-0.4, -0.2) is 12.4 Å². The molecule has 0 heterocycles. The molecule has 0 fully saturated rings. The van der Waals surface area contributed by atoms with Crippen LogP contribution < -0.4 is 4.74 Å². The molecule has 2 rings (SSSR count). The number of halogens is 3. The van der Waals surface area contributed by atoms with Gasteiger partial charge in [0.15, 0.2) is 12.4 Å². The highest BCUT2D eigenvalue weighted by Crippen LogP contribution is 2.23. The number of ketones is 1. The summed E-state index contributed by atoms with van der Waals surface area (Å²) >= 11 is 11.6. The van der Waals surface area contributed by atoms with E-state index >= 15 is 0 Å². The Morgan fingerprint density at radius 2 is 1.90 bits per heavy atom. The zero-order chi connectivity index (χ0) is 14.7. The molecule has 2 aromatic carbocycles. The lowest BCUT2D eigenvalue weighted by molar-refractivity contribution is 0.0921. The average Bonchev–Trinajstić information content (AvgIpc) is 2.40. The van der Waals surface area contributed by atoms with Gasteiger partial charge in [-0.3, -0.25) is 4.79 Å². The number of hydrogen-bond donors (Lipinski definition) is 0. The molecule has 20 heavy (non-hydrogen) atoms. The lowest BCUT2D eigenvalue weighted by Gasteiger charge is -2.08. The molecule has 0 aromatic heterocycles. The Kier molecular flexibility index (Phi) is 4.63. The molecule has 0 amide bonds. The largest absolute Gasteiger partial charge is 0.485 e. The standard InChI is InChI=1S/C15H11Cl2FO2/c1-9-6-11(18)3-5-15(9)20-8-14(19)10-2-4-12(16)13(17)7-10/h2-7H,8H2,1H3. The smallest absolute Gasteiger partial charge is 0.200 e. The van der Waals surface area contributed by atoms with Crippen molar-refractivity contribution in [3.05, 3.63) is 63.4 Å². The molecule has 0 atom stereocenters. The molecule has 0 aliphatic carbocycles. The zero-order valence-corrected chi connectivity index (χ0v) is 12.1. The van der Waals surface area contributed by atoms with Gasteiger partial charge in [-0.1, -0.05) is 23.2 Å². The maximum atomic E-state index is 12.9. The molecule has 0 aliphatic heterocycles. The summed E-state index contributed by atoms with van der Waals surface area (Å²) < 4.78 is 18.3. The molecule has 104 valence electrons. The molecule has 0 unspecified atom stereocenters. The first kappa shape index (κ1) is 14.8. The van der Waals surface area contributed by atoms with E-state index < -0.39 is 0 Å². The molecule has 2 nitrogen and oxygen atoms in total. The average molecular weight is 313 g/mol. The maximum absolute atomic E-state index is 12.9. The van der Waals surface area contributed by atoms with E-state index in [0.29, 0.717) is 26.9 Å². The van der Waals surface area contributed by atoms with Gasteiger partial charge in [0.05, 0.1) is 10.0 Å². The topological polar surface area (TPSA) is 26.3 Å². The monoisotopic (exact) mass is 312 g/mol. The molecule has 0 saturated carbocycles. The zero-order valence-electron chi connectivity index (χ0n) is 10.6. The second kappa shape index (κ2) is 6.25. The van der Waals surface area contributed by atoms with E-state index in [1.54, 1.807) is 19.1 Å². The minimum atomic E-state index is -0.342. The van der Waals surface area contributed by atoms with Crippen LogP contribution in [0.25, 0.3) is 0 Å². The van der Waals surface area contributed by atoms with Gasteiger partial charge in [0.1, 0.15) is 11.6 Å². The molecule has 0 N–H and O–H groups in total. The number of hydrogen-bond acceptors (Lipinski definition) is 2. The van der Waals surface area contributed by atoms with E-state index in [9.17, 15) is 9.18 Å². The van der Waals surface area contributed by atoms with Crippen LogP contribution in [0.15, 0.2) is 36.4 Å². The highest BCUT2D eigenvalue weighted by Gasteiger charge is 2.10. The van der Waals surface area contributed by atoms with Crippen LogP contribution in [0.1, 0.15) is 15.9 Å². The third-order valence-corrected chi connectivity index (χ3v) is 3.48.